The molecule has 0 aliphatic rings. The minimum Gasteiger partial charge on any atom is -0.406 e. The average molecular weight is 401 g/mol. The van der Waals surface area contributed by atoms with Crippen LogP contribution in [0.1, 0.15) is 18.9 Å². The quantitative estimate of drug-likeness (QED) is 0.695. The van der Waals surface area contributed by atoms with E-state index in [0.29, 0.717) is 19.4 Å². The van der Waals surface area contributed by atoms with Crippen LogP contribution in [0.2, 0.25) is 0 Å². The molecule has 0 heterocycles. The highest BCUT2D eigenvalue weighted by molar-refractivity contribution is 6.21. The van der Waals surface area contributed by atoms with Crippen LogP contribution in [-0.2, 0) is 11.2 Å². The number of carbonyl (C=O) groups is 1. The van der Waals surface area contributed by atoms with E-state index in [-0.39, 0.29) is 11.7 Å². The van der Waals surface area contributed by atoms with E-state index in [9.17, 15) is 18.0 Å². The molecule has 8 heteroatoms. The van der Waals surface area contributed by atoms with Crippen molar-refractivity contribution in [1.82, 2.24) is 4.42 Å². The molecule has 0 aliphatic heterocycles. The van der Waals surface area contributed by atoms with Gasteiger partial charge in [0.15, 0.2) is 0 Å². The number of halogens is 4. The fourth-order valence-electron chi connectivity index (χ4n) is 2.40. The smallest absolute Gasteiger partial charge is 0.406 e. The van der Waals surface area contributed by atoms with E-state index in [1.807, 2.05) is 31.2 Å². The molecule has 2 aromatic rings. The Labute approximate surface area is 160 Å². The zero-order valence-electron chi connectivity index (χ0n) is 14.7. The summed E-state index contributed by atoms with van der Waals surface area (Å²) in [4.78, 5) is 11.8. The zero-order valence-corrected chi connectivity index (χ0v) is 15.4. The maximum atomic E-state index is 12.2. The molecule has 27 heavy (non-hydrogen) atoms. The van der Waals surface area contributed by atoms with Gasteiger partial charge in [0, 0.05) is 18.3 Å². The Morgan fingerprint density at radius 3 is 2.11 bits per heavy atom. The van der Waals surface area contributed by atoms with Crippen molar-refractivity contribution in [3.8, 4) is 16.9 Å². The first kappa shape index (κ1) is 21.1. The van der Waals surface area contributed by atoms with Gasteiger partial charge in [-0.15, -0.1) is 13.2 Å². The van der Waals surface area contributed by atoms with Crippen LogP contribution in [0.3, 0.4) is 0 Å². The Hall–Kier alpha value is -2.25. The SMILES string of the molecule is CC[C@H](N)C(=O)N(Cl)CCc1ccc(-c2ccc(OC(F)(F)F)cc2)cc1. The Morgan fingerprint density at radius 1 is 1.11 bits per heavy atom. The number of nitrogens with two attached hydrogens (primary N) is 1. The molecule has 2 rings (SSSR count). The third-order valence-electron chi connectivity index (χ3n) is 3.97. The second kappa shape index (κ2) is 9.10. The molecule has 1 atom stereocenters. The Balaban J connectivity index is 1.96. The Kier molecular flexibility index (Phi) is 7.10. The van der Waals surface area contributed by atoms with Crippen LogP contribution >= 0.6 is 11.8 Å². The summed E-state index contributed by atoms with van der Waals surface area (Å²) in [5.74, 6) is -0.572. The van der Waals surface area contributed by atoms with Crippen LogP contribution in [0.5, 0.6) is 5.75 Å². The number of ether oxygens (including phenoxy) is 1. The first-order valence-electron chi connectivity index (χ1n) is 8.37. The molecular weight excluding hydrogens is 381 g/mol. The lowest BCUT2D eigenvalue weighted by molar-refractivity contribution is -0.274. The zero-order chi connectivity index (χ0) is 20.0. The number of alkyl halides is 3. The molecule has 146 valence electrons. The van der Waals surface area contributed by atoms with Gasteiger partial charge in [0.2, 0.25) is 0 Å². The number of rotatable bonds is 7. The number of carbonyl (C=O) groups excluding carboxylic acids is 1. The van der Waals surface area contributed by atoms with Crippen molar-refractivity contribution in [2.45, 2.75) is 32.2 Å². The lowest BCUT2D eigenvalue weighted by Gasteiger charge is -2.17. The summed E-state index contributed by atoms with van der Waals surface area (Å²) in [6.07, 6.45) is -3.63. The van der Waals surface area contributed by atoms with Crippen molar-refractivity contribution in [2.75, 3.05) is 6.54 Å². The normalized spacial score (nSPS) is 12.5. The number of amides is 1. The molecular formula is C19H20ClF3N2O2. The second-order valence-corrected chi connectivity index (χ2v) is 6.37. The standard InChI is InChI=1S/C19H20ClF3N2O2/c1-2-17(24)18(26)25(20)12-11-13-3-5-14(6-4-13)15-7-9-16(10-8-15)27-19(21,22)23/h3-10,17H,2,11-12,24H2,1H3/t17-/m0/s1. The molecule has 0 spiro atoms. The van der Waals surface area contributed by atoms with Gasteiger partial charge in [0.1, 0.15) is 5.75 Å². The van der Waals surface area contributed by atoms with Crippen LogP contribution in [0, 0.1) is 0 Å². The van der Waals surface area contributed by atoms with Crippen molar-refractivity contribution >= 4 is 17.7 Å². The number of nitrogens with zero attached hydrogens (tertiary/aromatic N) is 1. The highest BCUT2D eigenvalue weighted by atomic mass is 35.5. The van der Waals surface area contributed by atoms with Crippen molar-refractivity contribution in [1.29, 1.82) is 0 Å². The minimum absolute atomic E-state index is 0.264. The van der Waals surface area contributed by atoms with E-state index >= 15 is 0 Å². The molecule has 0 bridgehead atoms. The number of hydrogen-bond donors (Lipinski definition) is 1. The van der Waals surface area contributed by atoms with Crippen LogP contribution in [0.15, 0.2) is 48.5 Å². The third-order valence-corrected chi connectivity index (χ3v) is 4.30. The minimum atomic E-state index is -4.71. The first-order chi connectivity index (χ1) is 12.7. The summed E-state index contributed by atoms with van der Waals surface area (Å²) in [6, 6.07) is 12.5. The van der Waals surface area contributed by atoms with Gasteiger partial charge in [-0.25, -0.2) is 0 Å². The van der Waals surface area contributed by atoms with Gasteiger partial charge in [0.05, 0.1) is 6.04 Å². The monoisotopic (exact) mass is 400 g/mol. The summed E-state index contributed by atoms with van der Waals surface area (Å²) < 4.78 is 41.5. The Bertz CT molecular complexity index is 749. The number of hydrogen-bond acceptors (Lipinski definition) is 3. The second-order valence-electron chi connectivity index (χ2n) is 5.96. The average Bonchev–Trinajstić information content (AvgIpc) is 2.64. The summed E-state index contributed by atoms with van der Waals surface area (Å²) in [5.41, 5.74) is 8.25. The Morgan fingerprint density at radius 2 is 1.63 bits per heavy atom. The van der Waals surface area contributed by atoms with Gasteiger partial charge in [-0.1, -0.05) is 43.3 Å². The van der Waals surface area contributed by atoms with Crippen molar-refractivity contribution in [2.24, 2.45) is 5.73 Å². The fraction of sp³-hybridized carbons (Fsp3) is 0.316. The van der Waals surface area contributed by atoms with E-state index in [2.05, 4.69) is 4.74 Å². The van der Waals surface area contributed by atoms with Crippen LogP contribution in [0.4, 0.5) is 13.2 Å². The lowest BCUT2D eigenvalue weighted by Crippen LogP contribution is -2.39. The highest BCUT2D eigenvalue weighted by Crippen LogP contribution is 2.26. The third kappa shape index (κ3) is 6.45. The number of benzene rings is 2. The van der Waals surface area contributed by atoms with E-state index in [0.717, 1.165) is 21.1 Å². The van der Waals surface area contributed by atoms with E-state index < -0.39 is 12.4 Å². The lowest BCUT2D eigenvalue weighted by atomic mass is 10.0. The predicted octanol–water partition coefficient (Wildman–Crippen LogP) is 4.51. The van der Waals surface area contributed by atoms with Crippen LogP contribution in [-0.4, -0.2) is 29.3 Å². The maximum absolute atomic E-state index is 12.2. The highest BCUT2D eigenvalue weighted by Gasteiger charge is 2.30. The van der Waals surface area contributed by atoms with Crippen molar-refractivity contribution < 1.29 is 22.7 Å². The predicted molar refractivity (Wildman–Crippen MR) is 98.1 cm³/mol. The topological polar surface area (TPSA) is 55.6 Å². The van der Waals surface area contributed by atoms with Gasteiger partial charge in [-0.05, 0) is 41.7 Å². The molecule has 0 aliphatic carbocycles. The fourth-order valence-corrected chi connectivity index (χ4v) is 2.61. The summed E-state index contributed by atoms with van der Waals surface area (Å²) in [5, 5.41) is 0. The van der Waals surface area contributed by atoms with E-state index in [1.165, 1.54) is 12.1 Å². The van der Waals surface area contributed by atoms with Gasteiger partial charge in [0.25, 0.3) is 5.91 Å². The van der Waals surface area contributed by atoms with Crippen molar-refractivity contribution in [3.05, 3.63) is 54.1 Å². The summed E-state index contributed by atoms with van der Waals surface area (Å²) in [6.45, 7) is 2.14. The van der Waals surface area contributed by atoms with E-state index in [4.69, 9.17) is 17.5 Å². The van der Waals surface area contributed by atoms with Gasteiger partial charge in [-0.2, -0.15) is 0 Å². The van der Waals surface area contributed by atoms with E-state index in [1.54, 1.807) is 12.1 Å². The molecule has 0 radical (unpaired) electrons. The molecule has 0 aromatic heterocycles. The van der Waals surface area contributed by atoms with Crippen LogP contribution in [0.25, 0.3) is 11.1 Å². The van der Waals surface area contributed by atoms with Crippen molar-refractivity contribution in [3.63, 3.8) is 0 Å². The summed E-state index contributed by atoms with van der Waals surface area (Å²) in [7, 11) is 0. The molecule has 1 amide bonds. The largest absolute Gasteiger partial charge is 0.573 e. The molecule has 0 fully saturated rings. The molecule has 0 unspecified atom stereocenters. The van der Waals surface area contributed by atoms with Gasteiger partial charge < -0.3 is 10.5 Å². The molecule has 0 saturated heterocycles. The molecule has 0 saturated carbocycles. The first-order valence-corrected chi connectivity index (χ1v) is 8.71. The molecule has 4 nitrogen and oxygen atoms in total. The molecule has 2 N–H and O–H groups in total. The van der Waals surface area contributed by atoms with Gasteiger partial charge in [-0.3, -0.25) is 9.21 Å². The van der Waals surface area contributed by atoms with Crippen LogP contribution < -0.4 is 10.5 Å². The molecule has 2 aromatic carbocycles. The van der Waals surface area contributed by atoms with Gasteiger partial charge >= 0.3 is 6.36 Å². The summed E-state index contributed by atoms with van der Waals surface area (Å²) >= 11 is 5.95. The maximum Gasteiger partial charge on any atom is 0.573 e.